The predicted molar refractivity (Wildman–Crippen MR) is 167 cm³/mol. The fourth-order valence-electron chi connectivity index (χ4n) is 4.91. The van der Waals surface area contributed by atoms with Crippen molar-refractivity contribution in [1.82, 2.24) is 19.4 Å². The molecule has 0 fully saturated rings. The van der Waals surface area contributed by atoms with Crippen molar-refractivity contribution in [2.24, 2.45) is 0 Å². The Labute approximate surface area is 251 Å². The first kappa shape index (κ1) is 29.1. The zero-order valence-electron chi connectivity index (χ0n) is 24.4. The van der Waals surface area contributed by atoms with Crippen LogP contribution >= 0.6 is 11.6 Å². The molecule has 0 aliphatic rings. The second-order valence-corrected chi connectivity index (χ2v) is 11.0. The van der Waals surface area contributed by atoms with E-state index >= 15 is 0 Å². The summed E-state index contributed by atoms with van der Waals surface area (Å²) < 4.78 is 14.6. The lowest BCUT2D eigenvalue weighted by Crippen LogP contribution is -2.17. The van der Waals surface area contributed by atoms with Gasteiger partial charge in [0.2, 0.25) is 0 Å². The molecule has 0 unspecified atom stereocenters. The van der Waals surface area contributed by atoms with Gasteiger partial charge in [-0.05, 0) is 79.5 Å². The van der Waals surface area contributed by atoms with Gasteiger partial charge in [-0.2, -0.15) is 5.26 Å². The van der Waals surface area contributed by atoms with Gasteiger partial charge in [0.1, 0.15) is 30.8 Å². The van der Waals surface area contributed by atoms with Gasteiger partial charge < -0.3 is 18.9 Å². The first-order chi connectivity index (χ1) is 20.4. The SMILES string of the molecule is CCc1cc(Cl)c(OCc2cccc(-c3ccc4c(c3)ncn4CCN(C)C)c2C)cc1OCc1cncc(C#N)c1. The van der Waals surface area contributed by atoms with Crippen LogP contribution in [0.3, 0.4) is 0 Å². The summed E-state index contributed by atoms with van der Waals surface area (Å²) in [5, 5.41) is 9.70. The van der Waals surface area contributed by atoms with Crippen LogP contribution < -0.4 is 9.47 Å². The van der Waals surface area contributed by atoms with Crippen LogP contribution in [0, 0.1) is 18.3 Å². The fraction of sp³-hybridized carbons (Fsp3) is 0.265. The normalized spacial score (nSPS) is 11.2. The highest BCUT2D eigenvalue weighted by atomic mass is 35.5. The molecule has 0 radical (unpaired) electrons. The van der Waals surface area contributed by atoms with Crippen molar-refractivity contribution >= 4 is 22.6 Å². The number of benzene rings is 3. The van der Waals surface area contributed by atoms with Crippen LogP contribution in [0.2, 0.25) is 5.02 Å². The van der Waals surface area contributed by atoms with Crippen molar-refractivity contribution < 1.29 is 9.47 Å². The van der Waals surface area contributed by atoms with E-state index in [4.69, 9.17) is 26.3 Å². The molecule has 5 rings (SSSR count). The largest absolute Gasteiger partial charge is 0.488 e. The third kappa shape index (κ3) is 6.57. The van der Waals surface area contributed by atoms with E-state index in [2.05, 4.69) is 89.8 Å². The Balaban J connectivity index is 1.33. The molecule has 0 aliphatic carbocycles. The maximum Gasteiger partial charge on any atom is 0.142 e. The minimum Gasteiger partial charge on any atom is -0.488 e. The zero-order chi connectivity index (χ0) is 29.6. The van der Waals surface area contributed by atoms with Crippen molar-refractivity contribution in [2.75, 3.05) is 20.6 Å². The third-order valence-electron chi connectivity index (χ3n) is 7.36. The minimum atomic E-state index is 0.288. The Hall–Kier alpha value is -4.38. The number of nitrogens with zero attached hydrogens (tertiary/aromatic N) is 5. The molecule has 0 atom stereocenters. The summed E-state index contributed by atoms with van der Waals surface area (Å²) >= 11 is 6.63. The Morgan fingerprint density at radius 1 is 0.976 bits per heavy atom. The van der Waals surface area contributed by atoms with Crippen LogP contribution in [0.25, 0.3) is 22.2 Å². The number of hydrogen-bond acceptors (Lipinski definition) is 6. The number of imidazole rings is 1. The molecular weight excluding hydrogens is 546 g/mol. The Bertz CT molecular complexity index is 1760. The minimum absolute atomic E-state index is 0.288. The fourth-order valence-corrected chi connectivity index (χ4v) is 5.15. The Morgan fingerprint density at radius 3 is 2.60 bits per heavy atom. The van der Waals surface area contributed by atoms with Crippen molar-refractivity contribution in [3.05, 3.63) is 106 Å². The van der Waals surface area contributed by atoms with E-state index in [0.717, 1.165) is 63.9 Å². The summed E-state index contributed by atoms with van der Waals surface area (Å²) in [6.07, 6.45) is 5.90. The number of pyridine rings is 1. The number of ether oxygens (including phenoxy) is 2. The van der Waals surface area contributed by atoms with Crippen molar-refractivity contribution in [3.63, 3.8) is 0 Å². The molecular formula is C34H34ClN5O2. The van der Waals surface area contributed by atoms with Crippen LogP contribution in [0.15, 0.2) is 73.3 Å². The first-order valence-corrected chi connectivity index (χ1v) is 14.3. The lowest BCUT2D eigenvalue weighted by molar-refractivity contribution is 0.287. The van der Waals surface area contributed by atoms with Gasteiger partial charge in [-0.15, -0.1) is 0 Å². The molecule has 0 bridgehead atoms. The Kier molecular flexibility index (Phi) is 9.06. The van der Waals surface area contributed by atoms with Gasteiger partial charge in [0.05, 0.1) is 27.9 Å². The number of nitriles is 1. The quantitative estimate of drug-likeness (QED) is 0.164. The summed E-state index contributed by atoms with van der Waals surface area (Å²) in [6.45, 7) is 6.68. The monoisotopic (exact) mass is 579 g/mol. The first-order valence-electron chi connectivity index (χ1n) is 14.0. The molecule has 8 heteroatoms. The zero-order valence-corrected chi connectivity index (χ0v) is 25.2. The van der Waals surface area contributed by atoms with E-state index in [1.165, 1.54) is 6.20 Å². The number of fused-ring (bicyclic) bond motifs is 1. The molecule has 2 aromatic heterocycles. The molecule has 5 aromatic rings. The highest BCUT2D eigenvalue weighted by molar-refractivity contribution is 6.32. The highest BCUT2D eigenvalue weighted by Gasteiger charge is 2.14. The summed E-state index contributed by atoms with van der Waals surface area (Å²) in [6, 6.07) is 20.4. The van der Waals surface area contributed by atoms with Gasteiger partial charge >= 0.3 is 0 Å². The summed E-state index contributed by atoms with van der Waals surface area (Å²) in [4.78, 5) is 10.9. The summed E-state index contributed by atoms with van der Waals surface area (Å²) in [7, 11) is 4.16. The molecule has 3 aromatic carbocycles. The molecule has 7 nitrogen and oxygen atoms in total. The lowest BCUT2D eigenvalue weighted by atomic mass is 9.96. The van der Waals surface area contributed by atoms with Crippen LogP contribution in [0.1, 0.15) is 34.7 Å². The number of aromatic nitrogens is 3. The van der Waals surface area contributed by atoms with Gasteiger partial charge in [0, 0.05) is 37.1 Å². The average Bonchev–Trinajstić information content (AvgIpc) is 3.41. The number of rotatable bonds is 11. The lowest BCUT2D eigenvalue weighted by Gasteiger charge is -2.16. The smallest absolute Gasteiger partial charge is 0.142 e. The topological polar surface area (TPSA) is 76.2 Å². The van der Waals surface area contributed by atoms with E-state index in [-0.39, 0.29) is 6.61 Å². The highest BCUT2D eigenvalue weighted by Crippen LogP contribution is 2.35. The molecule has 42 heavy (non-hydrogen) atoms. The number of halogens is 1. The van der Waals surface area contributed by atoms with Gasteiger partial charge in [0.25, 0.3) is 0 Å². The molecule has 0 amide bonds. The third-order valence-corrected chi connectivity index (χ3v) is 7.66. The molecule has 2 heterocycles. The maximum atomic E-state index is 9.16. The molecule has 0 aliphatic heterocycles. The van der Waals surface area contributed by atoms with Gasteiger partial charge in [-0.3, -0.25) is 4.98 Å². The maximum absolute atomic E-state index is 9.16. The van der Waals surface area contributed by atoms with E-state index in [1.54, 1.807) is 12.3 Å². The second kappa shape index (κ2) is 13.1. The van der Waals surface area contributed by atoms with Crippen molar-refractivity contribution in [1.29, 1.82) is 5.26 Å². The van der Waals surface area contributed by atoms with Gasteiger partial charge in [-0.25, -0.2) is 4.98 Å². The van der Waals surface area contributed by atoms with Crippen LogP contribution in [0.5, 0.6) is 11.5 Å². The predicted octanol–water partition coefficient (Wildman–Crippen LogP) is 7.21. The van der Waals surface area contributed by atoms with Crippen LogP contribution in [-0.4, -0.2) is 40.1 Å². The molecule has 0 N–H and O–H groups in total. The van der Waals surface area contributed by atoms with Gasteiger partial charge in [-0.1, -0.05) is 42.8 Å². The van der Waals surface area contributed by atoms with E-state index in [0.29, 0.717) is 28.7 Å². The van der Waals surface area contributed by atoms with Crippen molar-refractivity contribution in [3.8, 4) is 28.7 Å². The number of aryl methyl sites for hydroxylation is 1. The van der Waals surface area contributed by atoms with Crippen LogP contribution in [0.4, 0.5) is 0 Å². The summed E-state index contributed by atoms with van der Waals surface area (Å²) in [5.74, 6) is 1.25. The number of likely N-dealkylation sites (N-methyl/N-ethyl adjacent to an activating group) is 1. The summed E-state index contributed by atoms with van der Waals surface area (Å²) in [5.41, 5.74) is 8.90. The second-order valence-electron chi connectivity index (χ2n) is 10.5. The molecule has 214 valence electrons. The van der Waals surface area contributed by atoms with Gasteiger partial charge in [0.15, 0.2) is 0 Å². The van der Waals surface area contributed by atoms with Crippen molar-refractivity contribution in [2.45, 2.75) is 40.0 Å². The molecule has 0 saturated carbocycles. The van der Waals surface area contributed by atoms with E-state index < -0.39 is 0 Å². The molecule has 0 saturated heterocycles. The average molecular weight is 580 g/mol. The molecule has 0 spiro atoms. The van der Waals surface area contributed by atoms with E-state index in [1.807, 2.05) is 18.5 Å². The Morgan fingerprint density at radius 2 is 1.81 bits per heavy atom. The van der Waals surface area contributed by atoms with Crippen LogP contribution in [-0.2, 0) is 26.2 Å². The number of hydrogen-bond donors (Lipinski definition) is 0. The van der Waals surface area contributed by atoms with E-state index in [9.17, 15) is 0 Å². The standard InChI is InChI=1S/C34H34ClN5O2/c1-5-26-14-30(35)34(16-33(26)41-20-25-13-24(17-36)18-37-19-25)42-21-28-7-6-8-29(23(28)2)27-9-10-32-31(15-27)38-22-40(32)12-11-39(3)4/h6-10,13-16,18-19,22H,5,11-12,20-21H2,1-4H3.